The second kappa shape index (κ2) is 12.7. The number of alkyl carbamates (subject to hydrolysis) is 1. The van der Waals surface area contributed by atoms with Crippen molar-refractivity contribution in [2.75, 3.05) is 6.54 Å². The van der Waals surface area contributed by atoms with Gasteiger partial charge in [0.2, 0.25) is 5.91 Å². The molecular formula is C23H21F17N2O6. The standard InChI is InChI=1S/C23H21F17N2O6/c1-9-8-42(12(44)7-11(9)43)6-5-10(41-14(46)48-15(2,3)4)13(45)47-23(39,40)21(34,35)19(30,31)17(26,27)16(24,25)18(28,29)20(32,33)22(36,37)38/h8,10H,5-7H2,1-4H3,(H,41,46)/t10-/m0/s1. The Morgan fingerprint density at radius 3 is 1.56 bits per heavy atom. The zero-order valence-corrected chi connectivity index (χ0v) is 24.1. The Kier molecular flexibility index (Phi) is 11.2. The Hall–Kier alpha value is -3.57. The number of carbonyl (C=O) groups is 4. The number of ether oxygens (including phenoxy) is 2. The number of carbonyl (C=O) groups excluding carboxylic acids is 4. The Morgan fingerprint density at radius 1 is 0.729 bits per heavy atom. The molecule has 0 aromatic heterocycles. The summed E-state index contributed by atoms with van der Waals surface area (Å²) in [6.07, 6.45) is -18.5. The molecule has 278 valence electrons. The van der Waals surface area contributed by atoms with Crippen molar-refractivity contribution >= 4 is 23.8 Å². The van der Waals surface area contributed by atoms with E-state index in [4.69, 9.17) is 0 Å². The van der Waals surface area contributed by atoms with E-state index in [0.717, 1.165) is 33.9 Å². The second-order valence-electron chi connectivity index (χ2n) is 10.9. The molecule has 1 rings (SSSR count). The summed E-state index contributed by atoms with van der Waals surface area (Å²) in [5.74, 6) is -56.7. The molecule has 0 fully saturated rings. The molecular weight excluding hydrogens is 723 g/mol. The van der Waals surface area contributed by atoms with Gasteiger partial charge in [0.15, 0.2) is 5.78 Å². The number of rotatable bonds is 12. The average Bonchev–Trinajstić information content (AvgIpc) is 2.86. The number of amides is 2. The predicted molar refractivity (Wildman–Crippen MR) is 120 cm³/mol. The van der Waals surface area contributed by atoms with Crippen LogP contribution in [0.15, 0.2) is 11.8 Å². The molecule has 0 spiro atoms. The minimum Gasteiger partial charge on any atom is -0.444 e. The Bertz CT molecular complexity index is 1300. The molecule has 0 radical (unpaired) electrons. The molecule has 1 heterocycles. The van der Waals surface area contributed by atoms with Crippen molar-refractivity contribution in [1.29, 1.82) is 0 Å². The SMILES string of the molecule is CC1=CN(CC[C@H](NC(=O)OC(C)(C)C)C(=O)OC(F)(F)C(F)(F)C(F)(F)C(F)(F)C(F)(F)C(F)(F)C(F)(F)C(F)(F)F)C(=O)CC1=O. The number of hydrogen-bond acceptors (Lipinski definition) is 6. The number of alkyl halides is 17. The lowest BCUT2D eigenvalue weighted by Crippen LogP contribution is -2.74. The molecule has 1 N–H and O–H groups in total. The topological polar surface area (TPSA) is 102 Å². The first-order chi connectivity index (χ1) is 20.9. The van der Waals surface area contributed by atoms with Crippen LogP contribution in [0.1, 0.15) is 40.5 Å². The van der Waals surface area contributed by atoms with Crippen molar-refractivity contribution in [3.8, 4) is 0 Å². The summed E-state index contributed by atoms with van der Waals surface area (Å²) in [5.41, 5.74) is -1.61. The summed E-state index contributed by atoms with van der Waals surface area (Å²) in [6.45, 7) is 3.67. The molecule has 2 amide bonds. The Morgan fingerprint density at radius 2 is 1.15 bits per heavy atom. The van der Waals surface area contributed by atoms with Gasteiger partial charge in [-0.25, -0.2) is 9.59 Å². The fourth-order valence-electron chi connectivity index (χ4n) is 3.32. The summed E-state index contributed by atoms with van der Waals surface area (Å²) in [5, 5.41) is 1.38. The van der Waals surface area contributed by atoms with E-state index < -0.39 is 103 Å². The van der Waals surface area contributed by atoms with Crippen LogP contribution in [-0.2, 0) is 23.9 Å². The van der Waals surface area contributed by atoms with Gasteiger partial charge in [-0.15, -0.1) is 0 Å². The summed E-state index contributed by atoms with van der Waals surface area (Å²) in [4.78, 5) is 48.6. The maximum Gasteiger partial charge on any atom is 0.473 e. The molecule has 0 aromatic carbocycles. The first-order valence-corrected chi connectivity index (χ1v) is 12.4. The largest absolute Gasteiger partial charge is 0.473 e. The number of esters is 1. The zero-order chi connectivity index (χ0) is 38.5. The van der Waals surface area contributed by atoms with Gasteiger partial charge in [0.25, 0.3) is 0 Å². The number of Topliss-reactive ketones (excluding diaryl/α,β-unsaturated/α-hetero) is 1. The average molecular weight is 744 g/mol. The lowest BCUT2D eigenvalue weighted by atomic mass is 9.90. The number of halogens is 17. The number of nitrogens with one attached hydrogen (secondary N) is 1. The van der Waals surface area contributed by atoms with E-state index >= 15 is 0 Å². The fraction of sp³-hybridized carbons (Fsp3) is 0.739. The second-order valence-corrected chi connectivity index (χ2v) is 10.9. The van der Waals surface area contributed by atoms with Gasteiger partial charge in [0.05, 0.1) is 6.42 Å². The van der Waals surface area contributed by atoms with Crippen LogP contribution in [0, 0.1) is 0 Å². The van der Waals surface area contributed by atoms with E-state index in [2.05, 4.69) is 9.47 Å². The molecule has 48 heavy (non-hydrogen) atoms. The maximum absolute atomic E-state index is 14.3. The van der Waals surface area contributed by atoms with Gasteiger partial charge in [0.1, 0.15) is 11.6 Å². The number of allylic oxidation sites excluding steroid dienone is 1. The quantitative estimate of drug-likeness (QED) is 0.140. The highest BCUT2D eigenvalue weighted by Gasteiger charge is 2.96. The Labute approximate surface area is 256 Å². The smallest absolute Gasteiger partial charge is 0.444 e. The van der Waals surface area contributed by atoms with Gasteiger partial charge in [-0.3, -0.25) is 9.59 Å². The molecule has 1 aliphatic heterocycles. The molecule has 1 atom stereocenters. The molecule has 25 heteroatoms. The summed E-state index contributed by atoms with van der Waals surface area (Å²) in [7, 11) is 0. The number of nitrogens with zero attached hydrogens (tertiary/aromatic N) is 1. The van der Waals surface area contributed by atoms with E-state index in [9.17, 15) is 93.8 Å². The molecule has 0 saturated heterocycles. The first kappa shape index (κ1) is 42.5. The van der Waals surface area contributed by atoms with Crippen LogP contribution in [0.4, 0.5) is 79.4 Å². The van der Waals surface area contributed by atoms with Gasteiger partial charge in [0, 0.05) is 18.3 Å². The van der Waals surface area contributed by atoms with E-state index in [1.165, 1.54) is 5.32 Å². The lowest BCUT2D eigenvalue weighted by Gasteiger charge is -2.42. The number of hydrogen-bond donors (Lipinski definition) is 1. The van der Waals surface area contributed by atoms with Gasteiger partial charge >= 0.3 is 59.9 Å². The van der Waals surface area contributed by atoms with Crippen molar-refractivity contribution < 1.29 is 103 Å². The minimum atomic E-state index is -8.90. The zero-order valence-electron chi connectivity index (χ0n) is 24.1. The molecule has 0 saturated carbocycles. The van der Waals surface area contributed by atoms with Crippen molar-refractivity contribution in [2.24, 2.45) is 0 Å². The van der Waals surface area contributed by atoms with E-state index in [-0.39, 0.29) is 5.57 Å². The highest BCUT2D eigenvalue weighted by molar-refractivity contribution is 6.09. The predicted octanol–water partition coefficient (Wildman–Crippen LogP) is 6.49. The molecule has 0 aliphatic carbocycles. The van der Waals surface area contributed by atoms with E-state index in [1.54, 1.807) is 0 Å². The van der Waals surface area contributed by atoms with Crippen LogP contribution >= 0.6 is 0 Å². The van der Waals surface area contributed by atoms with Crippen LogP contribution in [0.25, 0.3) is 0 Å². The number of ketones is 1. The molecule has 0 aromatic rings. The van der Waals surface area contributed by atoms with Gasteiger partial charge in [-0.05, 0) is 34.1 Å². The van der Waals surface area contributed by atoms with Crippen molar-refractivity contribution in [3.63, 3.8) is 0 Å². The first-order valence-electron chi connectivity index (χ1n) is 12.4. The van der Waals surface area contributed by atoms with Crippen LogP contribution in [-0.4, -0.2) is 94.7 Å². The van der Waals surface area contributed by atoms with Crippen molar-refractivity contribution in [3.05, 3.63) is 11.8 Å². The van der Waals surface area contributed by atoms with Crippen LogP contribution in [0.2, 0.25) is 0 Å². The molecule has 0 bridgehead atoms. The monoisotopic (exact) mass is 744 g/mol. The molecule has 1 aliphatic rings. The third-order valence-corrected chi connectivity index (χ3v) is 5.98. The summed E-state index contributed by atoms with van der Waals surface area (Å²) in [6, 6.07) is -2.83. The van der Waals surface area contributed by atoms with Crippen LogP contribution < -0.4 is 5.32 Å². The van der Waals surface area contributed by atoms with E-state index in [0.29, 0.717) is 4.90 Å². The van der Waals surface area contributed by atoms with Gasteiger partial charge < -0.3 is 19.7 Å². The van der Waals surface area contributed by atoms with Crippen molar-refractivity contribution in [2.45, 2.75) is 100.0 Å². The van der Waals surface area contributed by atoms with Crippen LogP contribution in [0.3, 0.4) is 0 Å². The van der Waals surface area contributed by atoms with Crippen LogP contribution in [0.5, 0.6) is 0 Å². The van der Waals surface area contributed by atoms with Gasteiger partial charge in [-0.2, -0.15) is 74.6 Å². The third kappa shape index (κ3) is 7.52. The van der Waals surface area contributed by atoms with Crippen molar-refractivity contribution in [1.82, 2.24) is 10.2 Å². The maximum atomic E-state index is 14.3. The summed E-state index contributed by atoms with van der Waals surface area (Å²) >= 11 is 0. The third-order valence-electron chi connectivity index (χ3n) is 5.98. The highest BCUT2D eigenvalue weighted by Crippen LogP contribution is 2.64. The lowest BCUT2D eigenvalue weighted by molar-refractivity contribution is -0.474. The van der Waals surface area contributed by atoms with E-state index in [1.807, 2.05) is 0 Å². The summed E-state index contributed by atoms with van der Waals surface area (Å²) < 4.78 is 237. The Balaban J connectivity index is 3.54. The molecule has 0 unspecified atom stereocenters. The minimum absolute atomic E-state index is 0.126. The van der Waals surface area contributed by atoms with Gasteiger partial charge in [-0.1, -0.05) is 0 Å². The molecule has 8 nitrogen and oxygen atoms in total. The normalized spacial score (nSPS) is 17.2. The highest BCUT2D eigenvalue weighted by atomic mass is 19.4. The fourth-order valence-corrected chi connectivity index (χ4v) is 3.32.